The van der Waals surface area contributed by atoms with E-state index in [4.69, 9.17) is 4.74 Å². The van der Waals surface area contributed by atoms with E-state index in [2.05, 4.69) is 9.64 Å². The average Bonchev–Trinajstić information content (AvgIpc) is 2.66. The van der Waals surface area contributed by atoms with Crippen LogP contribution in [0.5, 0.6) is 5.75 Å². The van der Waals surface area contributed by atoms with Gasteiger partial charge in [0.2, 0.25) is 0 Å². The van der Waals surface area contributed by atoms with Crippen molar-refractivity contribution in [1.29, 1.82) is 0 Å². The normalized spacial score (nSPS) is 15.3. The summed E-state index contributed by atoms with van der Waals surface area (Å²) in [7, 11) is 0. The molecule has 28 heavy (non-hydrogen) atoms. The first kappa shape index (κ1) is 22.0. The first-order valence-corrected chi connectivity index (χ1v) is 9.22. The van der Waals surface area contributed by atoms with Crippen LogP contribution in [0.3, 0.4) is 0 Å². The fraction of sp³-hybridized carbons (Fsp3) is 0.579. The van der Waals surface area contributed by atoms with E-state index in [9.17, 15) is 22.8 Å². The molecule has 1 saturated heterocycles. The van der Waals surface area contributed by atoms with Crippen molar-refractivity contribution in [1.82, 2.24) is 9.80 Å². The Kier molecular flexibility index (Phi) is 8.56. The maximum absolute atomic E-state index is 12.4. The molecule has 1 aromatic carbocycles. The second kappa shape index (κ2) is 10.9. The number of amides is 1. The van der Waals surface area contributed by atoms with Crippen LogP contribution in [0.1, 0.15) is 31.2 Å². The Morgan fingerprint density at radius 1 is 1.07 bits per heavy atom. The lowest BCUT2D eigenvalue weighted by molar-refractivity contribution is -0.275. The van der Waals surface area contributed by atoms with Crippen molar-refractivity contribution in [3.63, 3.8) is 0 Å². The van der Waals surface area contributed by atoms with Gasteiger partial charge in [-0.15, -0.1) is 13.2 Å². The number of hydrogen-bond acceptors (Lipinski definition) is 5. The van der Waals surface area contributed by atoms with Gasteiger partial charge in [-0.25, -0.2) is 4.79 Å². The van der Waals surface area contributed by atoms with E-state index in [-0.39, 0.29) is 17.9 Å². The van der Waals surface area contributed by atoms with Crippen LogP contribution in [0.2, 0.25) is 0 Å². The predicted molar refractivity (Wildman–Crippen MR) is 95.5 cm³/mol. The van der Waals surface area contributed by atoms with Gasteiger partial charge in [0.25, 0.3) is 0 Å². The molecule has 2 rings (SSSR count). The minimum Gasteiger partial charge on any atom is -0.444 e. The summed E-state index contributed by atoms with van der Waals surface area (Å²) in [5.74, 6) is -0.375. The zero-order chi connectivity index (χ0) is 20.4. The lowest BCUT2D eigenvalue weighted by Gasteiger charge is -2.34. The van der Waals surface area contributed by atoms with Gasteiger partial charge in [-0.1, -0.05) is 24.6 Å². The summed E-state index contributed by atoms with van der Waals surface area (Å²) in [6.07, 6.45) is -0.210. The Morgan fingerprint density at radius 3 is 2.46 bits per heavy atom. The van der Waals surface area contributed by atoms with Crippen molar-refractivity contribution in [3.05, 3.63) is 29.8 Å². The quantitative estimate of drug-likeness (QED) is 0.593. The lowest BCUT2D eigenvalue weighted by atomic mass is 10.2. The van der Waals surface area contributed by atoms with Gasteiger partial charge in [-0.2, -0.15) is 0 Å². The third-order valence-electron chi connectivity index (χ3n) is 4.43. The summed E-state index contributed by atoms with van der Waals surface area (Å²) in [6.45, 7) is 3.04. The van der Waals surface area contributed by atoms with E-state index in [1.54, 1.807) is 11.0 Å². The van der Waals surface area contributed by atoms with Gasteiger partial charge in [0.05, 0.1) is 0 Å². The zero-order valence-corrected chi connectivity index (χ0v) is 15.5. The number of benzene rings is 1. The summed E-state index contributed by atoms with van der Waals surface area (Å²) >= 11 is 0. The molecule has 155 valence electrons. The molecule has 0 bridgehead atoms. The number of para-hydroxylation sites is 1. The molecule has 1 aliphatic heterocycles. The molecule has 0 spiro atoms. The molecule has 1 aliphatic rings. The highest BCUT2D eigenvalue weighted by Crippen LogP contribution is 2.26. The minimum atomic E-state index is -4.80. The molecule has 9 heteroatoms. The molecule has 1 heterocycles. The number of rotatable bonds is 9. The molecule has 0 atom stereocenters. The summed E-state index contributed by atoms with van der Waals surface area (Å²) in [4.78, 5) is 26.1. The number of carbonyl (C=O) groups is 1. The number of hydrogen-bond donors (Lipinski definition) is 0. The molecule has 1 fully saturated rings. The monoisotopic (exact) mass is 401 g/mol. The molecular formula is C19H24F3N2O4. The third-order valence-corrected chi connectivity index (χ3v) is 4.43. The molecule has 1 amide bonds. The number of carbonyl (C=O) groups excluding carboxylic acids is 2. The van der Waals surface area contributed by atoms with Crippen LogP contribution in [0.25, 0.3) is 0 Å². The number of ether oxygens (including phenoxy) is 2. The number of halogens is 3. The van der Waals surface area contributed by atoms with Crippen molar-refractivity contribution >= 4 is 12.4 Å². The Morgan fingerprint density at radius 2 is 1.79 bits per heavy atom. The maximum Gasteiger partial charge on any atom is 0.573 e. The van der Waals surface area contributed by atoms with E-state index in [0.717, 1.165) is 25.8 Å². The van der Waals surface area contributed by atoms with Crippen LogP contribution in [0.4, 0.5) is 18.0 Å². The van der Waals surface area contributed by atoms with Crippen LogP contribution in [0, 0.1) is 0 Å². The SMILES string of the molecule is O=[C]CCCCCN1CCN(C(=O)OCc2ccccc2OC(F)(F)F)CC1. The Balaban J connectivity index is 1.73. The highest BCUT2D eigenvalue weighted by Gasteiger charge is 2.32. The van der Waals surface area contributed by atoms with Crippen molar-refractivity contribution in [2.24, 2.45) is 0 Å². The smallest absolute Gasteiger partial charge is 0.444 e. The number of nitrogens with zero attached hydrogens (tertiary/aromatic N) is 2. The molecule has 0 N–H and O–H groups in total. The average molecular weight is 401 g/mol. The van der Waals surface area contributed by atoms with Crippen molar-refractivity contribution in [3.8, 4) is 5.75 Å². The van der Waals surface area contributed by atoms with E-state index in [1.807, 2.05) is 6.29 Å². The first-order valence-electron chi connectivity index (χ1n) is 9.22. The number of alkyl halides is 3. The van der Waals surface area contributed by atoms with E-state index in [1.165, 1.54) is 18.2 Å². The fourth-order valence-corrected chi connectivity index (χ4v) is 2.94. The summed E-state index contributed by atoms with van der Waals surface area (Å²) in [5, 5.41) is 0. The Labute approximate surface area is 162 Å². The van der Waals surface area contributed by atoms with Gasteiger partial charge < -0.3 is 14.4 Å². The third kappa shape index (κ3) is 7.75. The topological polar surface area (TPSA) is 59.1 Å². The number of piperazine rings is 1. The summed E-state index contributed by atoms with van der Waals surface area (Å²) in [5.41, 5.74) is 0.152. The highest BCUT2D eigenvalue weighted by atomic mass is 19.4. The lowest BCUT2D eigenvalue weighted by Crippen LogP contribution is -2.48. The molecule has 0 unspecified atom stereocenters. The van der Waals surface area contributed by atoms with Crippen LogP contribution in [-0.2, 0) is 16.1 Å². The summed E-state index contributed by atoms with van der Waals surface area (Å²) in [6, 6.07) is 5.58. The number of unbranched alkanes of at least 4 members (excludes halogenated alkanes) is 3. The standard InChI is InChI=1S/C19H24F3N2O4/c20-19(21,22)28-17-8-4-3-7-16(17)15-27-18(26)24-12-10-23(11-13-24)9-5-1-2-6-14-25/h3-4,7-8H,1-2,5-6,9-13,15H2. The van der Waals surface area contributed by atoms with Gasteiger partial charge in [0.1, 0.15) is 12.4 Å². The second-order valence-electron chi connectivity index (χ2n) is 6.49. The van der Waals surface area contributed by atoms with E-state index < -0.39 is 12.5 Å². The van der Waals surface area contributed by atoms with Gasteiger partial charge >= 0.3 is 12.5 Å². The molecule has 1 radical (unpaired) electrons. The summed E-state index contributed by atoms with van der Waals surface area (Å²) < 4.78 is 46.4. The Hall–Kier alpha value is -2.29. The van der Waals surface area contributed by atoms with Crippen molar-refractivity contribution in [2.75, 3.05) is 32.7 Å². The highest BCUT2D eigenvalue weighted by molar-refractivity contribution is 5.67. The molecule has 0 aliphatic carbocycles. The van der Waals surface area contributed by atoms with Crippen LogP contribution in [-0.4, -0.2) is 61.3 Å². The van der Waals surface area contributed by atoms with Crippen molar-refractivity contribution < 1.29 is 32.2 Å². The van der Waals surface area contributed by atoms with Gasteiger partial charge in [0.15, 0.2) is 6.29 Å². The Bertz CT molecular complexity index is 632. The second-order valence-corrected chi connectivity index (χ2v) is 6.49. The van der Waals surface area contributed by atoms with Gasteiger partial charge in [0, 0.05) is 38.2 Å². The van der Waals surface area contributed by atoms with Crippen molar-refractivity contribution in [2.45, 2.75) is 38.7 Å². The van der Waals surface area contributed by atoms with Gasteiger partial charge in [-0.3, -0.25) is 9.69 Å². The molecule has 0 aromatic heterocycles. The molecule has 0 saturated carbocycles. The first-order chi connectivity index (χ1) is 13.4. The molecule has 6 nitrogen and oxygen atoms in total. The van der Waals surface area contributed by atoms with E-state index in [0.29, 0.717) is 32.6 Å². The largest absolute Gasteiger partial charge is 0.573 e. The van der Waals surface area contributed by atoms with Crippen LogP contribution >= 0.6 is 0 Å². The maximum atomic E-state index is 12.4. The van der Waals surface area contributed by atoms with Crippen LogP contribution < -0.4 is 4.74 Å². The predicted octanol–water partition coefficient (Wildman–Crippen LogP) is 3.51. The fourth-order valence-electron chi connectivity index (χ4n) is 2.94. The van der Waals surface area contributed by atoms with E-state index >= 15 is 0 Å². The molecule has 1 aromatic rings. The molecular weight excluding hydrogens is 377 g/mol. The zero-order valence-electron chi connectivity index (χ0n) is 15.5. The van der Waals surface area contributed by atoms with Crippen LogP contribution in [0.15, 0.2) is 24.3 Å². The minimum absolute atomic E-state index is 0.152. The van der Waals surface area contributed by atoms with Gasteiger partial charge in [-0.05, 0) is 25.5 Å².